The number of rotatable bonds is 3. The molecule has 0 saturated heterocycles. The zero-order valence-corrected chi connectivity index (χ0v) is 10.4. The minimum Gasteiger partial charge on any atom is -0.381 e. The Labute approximate surface area is 105 Å². The molecule has 0 amide bonds. The van der Waals surface area contributed by atoms with Gasteiger partial charge in [0.2, 0.25) is 0 Å². The van der Waals surface area contributed by atoms with Crippen molar-refractivity contribution < 1.29 is 0 Å². The van der Waals surface area contributed by atoms with E-state index in [-0.39, 0.29) is 6.04 Å². The Hall–Kier alpha value is -0.990. The van der Waals surface area contributed by atoms with Gasteiger partial charge < -0.3 is 5.32 Å². The predicted octanol–water partition coefficient (Wildman–Crippen LogP) is 3.93. The van der Waals surface area contributed by atoms with Gasteiger partial charge in [0.15, 0.2) is 0 Å². The third kappa shape index (κ3) is 2.39. The molecule has 0 aliphatic heterocycles. The third-order valence-electron chi connectivity index (χ3n) is 2.34. The number of halogens is 2. The Balaban J connectivity index is 2.45. The highest BCUT2D eigenvalue weighted by atomic mass is 35.5. The molecule has 0 unspecified atom stereocenters. The standard InChI is InChI=1S/C12H12Cl2N2/c1-8(7-13)16-11-4-5-15-12-6-9(14)2-3-10(11)12/h2-6,8H,7H2,1H3,(H,15,16)/t8-/m0/s1. The van der Waals surface area contributed by atoms with Gasteiger partial charge in [0.25, 0.3) is 0 Å². The molecule has 1 heterocycles. The van der Waals surface area contributed by atoms with Crippen molar-refractivity contribution >= 4 is 39.8 Å². The maximum absolute atomic E-state index is 5.92. The molecule has 1 aromatic heterocycles. The molecule has 16 heavy (non-hydrogen) atoms. The second-order valence-electron chi connectivity index (χ2n) is 3.72. The largest absolute Gasteiger partial charge is 0.381 e. The van der Waals surface area contributed by atoms with E-state index in [0.29, 0.717) is 10.9 Å². The Bertz CT molecular complexity index is 499. The van der Waals surface area contributed by atoms with E-state index in [1.807, 2.05) is 31.2 Å². The van der Waals surface area contributed by atoms with E-state index in [1.165, 1.54) is 0 Å². The van der Waals surface area contributed by atoms with E-state index < -0.39 is 0 Å². The van der Waals surface area contributed by atoms with Crippen LogP contribution < -0.4 is 5.32 Å². The van der Waals surface area contributed by atoms with Gasteiger partial charge in [0.1, 0.15) is 0 Å². The molecular formula is C12H12Cl2N2. The molecule has 0 aliphatic rings. The lowest BCUT2D eigenvalue weighted by atomic mass is 10.2. The number of nitrogens with one attached hydrogen (secondary N) is 1. The van der Waals surface area contributed by atoms with E-state index in [4.69, 9.17) is 23.2 Å². The molecule has 2 aromatic rings. The molecule has 0 fully saturated rings. The first-order chi connectivity index (χ1) is 7.70. The predicted molar refractivity (Wildman–Crippen MR) is 70.6 cm³/mol. The normalized spacial score (nSPS) is 12.7. The van der Waals surface area contributed by atoms with E-state index in [2.05, 4.69) is 10.3 Å². The van der Waals surface area contributed by atoms with Gasteiger partial charge in [-0.05, 0) is 31.2 Å². The summed E-state index contributed by atoms with van der Waals surface area (Å²) in [6, 6.07) is 7.85. The molecular weight excluding hydrogens is 243 g/mol. The summed E-state index contributed by atoms with van der Waals surface area (Å²) in [6.45, 7) is 2.04. The van der Waals surface area contributed by atoms with Crippen molar-refractivity contribution in [3.05, 3.63) is 35.5 Å². The highest BCUT2D eigenvalue weighted by Gasteiger charge is 2.05. The molecule has 84 valence electrons. The summed E-state index contributed by atoms with van der Waals surface area (Å²) < 4.78 is 0. The lowest BCUT2D eigenvalue weighted by molar-refractivity contribution is 0.909. The van der Waals surface area contributed by atoms with Gasteiger partial charge in [-0.1, -0.05) is 11.6 Å². The minimum atomic E-state index is 0.225. The molecule has 0 spiro atoms. The molecule has 2 nitrogen and oxygen atoms in total. The molecule has 4 heteroatoms. The van der Waals surface area contributed by atoms with E-state index in [1.54, 1.807) is 6.20 Å². The first kappa shape index (κ1) is 11.5. The van der Waals surface area contributed by atoms with Gasteiger partial charge in [0, 0.05) is 34.2 Å². The van der Waals surface area contributed by atoms with Crippen LogP contribution in [0.3, 0.4) is 0 Å². The first-order valence-electron chi connectivity index (χ1n) is 5.07. The zero-order chi connectivity index (χ0) is 11.5. The summed E-state index contributed by atoms with van der Waals surface area (Å²) in [5.41, 5.74) is 1.93. The van der Waals surface area contributed by atoms with Crippen molar-refractivity contribution in [2.45, 2.75) is 13.0 Å². The quantitative estimate of drug-likeness (QED) is 0.840. The maximum atomic E-state index is 5.92. The Morgan fingerprint density at radius 2 is 2.19 bits per heavy atom. The smallest absolute Gasteiger partial charge is 0.0737 e. The second-order valence-corrected chi connectivity index (χ2v) is 4.46. The Morgan fingerprint density at radius 1 is 1.38 bits per heavy atom. The molecule has 0 radical (unpaired) electrons. The van der Waals surface area contributed by atoms with Crippen LogP contribution in [0.15, 0.2) is 30.5 Å². The SMILES string of the molecule is C[C@@H](CCl)Nc1ccnc2cc(Cl)ccc12. The van der Waals surface area contributed by atoms with E-state index >= 15 is 0 Å². The summed E-state index contributed by atoms with van der Waals surface area (Å²) in [5.74, 6) is 0.567. The molecule has 2 rings (SSSR count). The fraction of sp³-hybridized carbons (Fsp3) is 0.250. The van der Waals surface area contributed by atoms with Gasteiger partial charge in [-0.3, -0.25) is 4.98 Å². The molecule has 0 aliphatic carbocycles. The summed E-state index contributed by atoms with van der Waals surface area (Å²) in [4.78, 5) is 4.28. The van der Waals surface area contributed by atoms with Crippen LogP contribution >= 0.6 is 23.2 Å². The minimum absolute atomic E-state index is 0.225. The Kier molecular flexibility index (Phi) is 3.52. The van der Waals surface area contributed by atoms with Gasteiger partial charge in [-0.25, -0.2) is 0 Å². The highest BCUT2D eigenvalue weighted by Crippen LogP contribution is 2.24. The van der Waals surface area contributed by atoms with Gasteiger partial charge in [-0.15, -0.1) is 11.6 Å². The van der Waals surface area contributed by atoms with Crippen molar-refractivity contribution in [2.75, 3.05) is 11.2 Å². The zero-order valence-electron chi connectivity index (χ0n) is 8.87. The number of hydrogen-bond donors (Lipinski definition) is 1. The van der Waals surface area contributed by atoms with Crippen LogP contribution in [0.5, 0.6) is 0 Å². The van der Waals surface area contributed by atoms with Crippen molar-refractivity contribution in [2.24, 2.45) is 0 Å². The summed E-state index contributed by atoms with van der Waals surface area (Å²) in [7, 11) is 0. The van der Waals surface area contributed by atoms with Crippen molar-refractivity contribution in [1.82, 2.24) is 4.98 Å². The van der Waals surface area contributed by atoms with Crippen LogP contribution in [0, 0.1) is 0 Å². The lowest BCUT2D eigenvalue weighted by Gasteiger charge is -2.13. The van der Waals surface area contributed by atoms with E-state index in [9.17, 15) is 0 Å². The average molecular weight is 255 g/mol. The van der Waals surface area contributed by atoms with Crippen LogP contribution in [0.2, 0.25) is 5.02 Å². The summed E-state index contributed by atoms with van der Waals surface area (Å²) >= 11 is 11.7. The molecule has 0 saturated carbocycles. The Morgan fingerprint density at radius 3 is 2.94 bits per heavy atom. The number of aromatic nitrogens is 1. The fourth-order valence-electron chi connectivity index (χ4n) is 1.55. The number of fused-ring (bicyclic) bond motifs is 1. The third-order valence-corrected chi connectivity index (χ3v) is 3.04. The second kappa shape index (κ2) is 4.89. The first-order valence-corrected chi connectivity index (χ1v) is 5.98. The number of nitrogens with zero attached hydrogens (tertiary/aromatic N) is 1. The molecule has 1 N–H and O–H groups in total. The van der Waals surface area contributed by atoms with Crippen molar-refractivity contribution in [3.8, 4) is 0 Å². The summed E-state index contributed by atoms with van der Waals surface area (Å²) in [6.07, 6.45) is 1.77. The van der Waals surface area contributed by atoms with Crippen LogP contribution in [-0.2, 0) is 0 Å². The van der Waals surface area contributed by atoms with Gasteiger partial charge in [-0.2, -0.15) is 0 Å². The molecule has 1 aromatic carbocycles. The highest BCUT2D eigenvalue weighted by molar-refractivity contribution is 6.31. The molecule has 1 atom stereocenters. The van der Waals surface area contributed by atoms with E-state index in [0.717, 1.165) is 16.6 Å². The number of anilines is 1. The van der Waals surface area contributed by atoms with Gasteiger partial charge >= 0.3 is 0 Å². The monoisotopic (exact) mass is 254 g/mol. The van der Waals surface area contributed by atoms with Crippen molar-refractivity contribution in [3.63, 3.8) is 0 Å². The van der Waals surface area contributed by atoms with Crippen LogP contribution in [-0.4, -0.2) is 16.9 Å². The van der Waals surface area contributed by atoms with Crippen LogP contribution in [0.1, 0.15) is 6.92 Å². The topological polar surface area (TPSA) is 24.9 Å². The van der Waals surface area contributed by atoms with Crippen LogP contribution in [0.4, 0.5) is 5.69 Å². The maximum Gasteiger partial charge on any atom is 0.0737 e. The number of hydrogen-bond acceptors (Lipinski definition) is 2. The number of pyridine rings is 1. The average Bonchev–Trinajstić information content (AvgIpc) is 2.28. The lowest BCUT2D eigenvalue weighted by Crippen LogP contribution is -2.16. The number of benzene rings is 1. The summed E-state index contributed by atoms with van der Waals surface area (Å²) in [5, 5.41) is 5.09. The van der Waals surface area contributed by atoms with Gasteiger partial charge in [0.05, 0.1) is 5.52 Å². The van der Waals surface area contributed by atoms with Crippen LogP contribution in [0.25, 0.3) is 10.9 Å². The number of alkyl halides is 1. The fourth-order valence-corrected chi connectivity index (χ4v) is 1.79. The van der Waals surface area contributed by atoms with Crippen molar-refractivity contribution in [1.29, 1.82) is 0 Å². The molecule has 0 bridgehead atoms.